The summed E-state index contributed by atoms with van der Waals surface area (Å²) < 4.78 is 1.99. The van der Waals surface area contributed by atoms with Crippen molar-refractivity contribution < 1.29 is 4.79 Å². The molecule has 0 bridgehead atoms. The van der Waals surface area contributed by atoms with Crippen LogP contribution in [-0.4, -0.2) is 42.9 Å². The summed E-state index contributed by atoms with van der Waals surface area (Å²) in [5.41, 5.74) is 4.64. The fraction of sp³-hybridized carbons (Fsp3) is 0.100. The van der Waals surface area contributed by atoms with E-state index in [1.165, 1.54) is 21.6 Å². The Morgan fingerprint density at radius 1 is 1.09 bits per heavy atom. The number of anilines is 2. The second-order valence-electron chi connectivity index (χ2n) is 6.55. The van der Waals surface area contributed by atoms with Gasteiger partial charge < -0.3 is 5.84 Å². The molecule has 14 heteroatoms. The number of hydrazone groups is 1. The molecule has 0 aliphatic carbocycles. The molecule has 0 atom stereocenters. The third kappa shape index (κ3) is 6.70. The van der Waals surface area contributed by atoms with Gasteiger partial charge in [-0.05, 0) is 11.6 Å². The van der Waals surface area contributed by atoms with Gasteiger partial charge in [-0.15, -0.1) is 20.4 Å². The number of nitrogens with zero attached hydrogens (tertiary/aromatic N) is 6. The number of aromatic nitrogens is 5. The fourth-order valence-electron chi connectivity index (χ4n) is 2.51. The van der Waals surface area contributed by atoms with Crippen LogP contribution in [0, 0.1) is 0 Å². The average molecular weight is 532 g/mol. The molecule has 0 radical (unpaired) electrons. The standard InChI is InChI=1S/C20H18ClN9OS3/c21-15-9-5-4-8-14(15)10-23-25-17-26-28-19(30(17)22)32-12-16(31)24-18-27-29-20(34-18)33-11-13-6-2-1-3-7-13/h1-10H,11-12,22H2,(H,25,26)(H,24,27,31)/b23-10+. The number of carbonyl (C=O) groups excluding carboxylic acids is 1. The molecule has 0 saturated heterocycles. The molecule has 0 aliphatic rings. The van der Waals surface area contributed by atoms with Gasteiger partial charge in [0.1, 0.15) is 0 Å². The molecule has 2 heterocycles. The van der Waals surface area contributed by atoms with Crippen LogP contribution in [0.25, 0.3) is 0 Å². The van der Waals surface area contributed by atoms with Crippen molar-refractivity contribution in [2.75, 3.05) is 22.3 Å². The summed E-state index contributed by atoms with van der Waals surface area (Å²) in [7, 11) is 0. The monoisotopic (exact) mass is 531 g/mol. The van der Waals surface area contributed by atoms with Gasteiger partial charge in [0.2, 0.25) is 16.2 Å². The zero-order valence-corrected chi connectivity index (χ0v) is 20.7. The minimum Gasteiger partial charge on any atom is -0.334 e. The third-order valence-corrected chi connectivity index (χ3v) is 7.46. The Hall–Kier alpha value is -3.13. The van der Waals surface area contributed by atoms with Crippen LogP contribution in [0.15, 0.2) is 69.2 Å². The first-order chi connectivity index (χ1) is 16.6. The predicted molar refractivity (Wildman–Crippen MR) is 138 cm³/mol. The van der Waals surface area contributed by atoms with Crippen molar-refractivity contribution in [3.8, 4) is 0 Å². The Kier molecular flexibility index (Phi) is 8.36. The normalized spacial score (nSPS) is 11.1. The first-order valence-electron chi connectivity index (χ1n) is 9.75. The summed E-state index contributed by atoms with van der Waals surface area (Å²) in [4.78, 5) is 12.3. The molecule has 4 N–H and O–H groups in total. The summed E-state index contributed by atoms with van der Waals surface area (Å²) in [6.45, 7) is 0. The summed E-state index contributed by atoms with van der Waals surface area (Å²) >= 11 is 10.1. The molecule has 0 fully saturated rings. The number of nitrogens with two attached hydrogens (primary N) is 1. The van der Waals surface area contributed by atoms with Crippen molar-refractivity contribution in [3.05, 3.63) is 70.7 Å². The van der Waals surface area contributed by atoms with Gasteiger partial charge in [0, 0.05) is 16.3 Å². The topological polar surface area (TPSA) is 136 Å². The number of hydrogen-bond donors (Lipinski definition) is 3. The van der Waals surface area contributed by atoms with E-state index in [0.717, 1.165) is 27.4 Å². The van der Waals surface area contributed by atoms with Gasteiger partial charge in [0.25, 0.3) is 5.95 Å². The van der Waals surface area contributed by atoms with Gasteiger partial charge in [0.05, 0.1) is 12.0 Å². The number of benzene rings is 2. The molecule has 174 valence electrons. The first-order valence-corrected chi connectivity index (χ1v) is 12.9. The van der Waals surface area contributed by atoms with Crippen molar-refractivity contribution >= 4 is 69.7 Å². The summed E-state index contributed by atoms with van der Waals surface area (Å²) in [5.74, 6) is 6.81. The Morgan fingerprint density at radius 3 is 2.71 bits per heavy atom. The van der Waals surface area contributed by atoms with E-state index in [4.69, 9.17) is 17.4 Å². The molecule has 0 saturated carbocycles. The largest absolute Gasteiger partial charge is 0.334 e. The summed E-state index contributed by atoms with van der Waals surface area (Å²) in [6, 6.07) is 17.3. The predicted octanol–water partition coefficient (Wildman–Crippen LogP) is 3.97. The van der Waals surface area contributed by atoms with Crippen LogP contribution in [0.2, 0.25) is 5.02 Å². The Bertz CT molecular complexity index is 1280. The zero-order valence-electron chi connectivity index (χ0n) is 17.5. The molecule has 0 spiro atoms. The van der Waals surface area contributed by atoms with Gasteiger partial charge in [-0.3, -0.25) is 10.1 Å². The fourth-order valence-corrected chi connectivity index (χ4v) is 5.08. The molecule has 10 nitrogen and oxygen atoms in total. The minimum atomic E-state index is -0.255. The van der Waals surface area contributed by atoms with E-state index >= 15 is 0 Å². The number of thioether (sulfide) groups is 2. The second-order valence-corrected chi connectivity index (χ2v) is 10.1. The van der Waals surface area contributed by atoms with Gasteiger partial charge in [0.15, 0.2) is 4.34 Å². The Morgan fingerprint density at radius 2 is 1.88 bits per heavy atom. The average Bonchev–Trinajstić information content (AvgIpc) is 3.44. The molecular weight excluding hydrogens is 514 g/mol. The summed E-state index contributed by atoms with van der Waals surface area (Å²) in [5, 5.41) is 24.2. The van der Waals surface area contributed by atoms with Crippen LogP contribution in [0.4, 0.5) is 11.1 Å². The van der Waals surface area contributed by atoms with Crippen LogP contribution in [-0.2, 0) is 10.5 Å². The maximum absolute atomic E-state index is 12.3. The SMILES string of the molecule is Nn1c(N/N=C/c2ccccc2Cl)nnc1SCC(=O)Nc1nnc(SCc2ccccc2)s1. The lowest BCUT2D eigenvalue weighted by Gasteiger charge is -2.03. The lowest BCUT2D eigenvalue weighted by atomic mass is 10.2. The molecule has 0 aliphatic heterocycles. The summed E-state index contributed by atoms with van der Waals surface area (Å²) in [6.07, 6.45) is 1.55. The van der Waals surface area contributed by atoms with Crippen molar-refractivity contribution in [2.45, 2.75) is 15.2 Å². The van der Waals surface area contributed by atoms with Crippen molar-refractivity contribution in [1.82, 2.24) is 25.1 Å². The number of halogens is 1. The molecular formula is C20H18ClN9OS3. The first kappa shape index (κ1) is 24.0. The number of amides is 1. The quantitative estimate of drug-likeness (QED) is 0.0912. The zero-order chi connectivity index (χ0) is 23.8. The molecule has 2 aromatic heterocycles. The van der Waals surface area contributed by atoms with Crippen molar-refractivity contribution in [2.24, 2.45) is 5.10 Å². The molecule has 34 heavy (non-hydrogen) atoms. The van der Waals surface area contributed by atoms with Gasteiger partial charge in [-0.1, -0.05) is 95.0 Å². The van der Waals surface area contributed by atoms with E-state index in [0.29, 0.717) is 15.3 Å². The van der Waals surface area contributed by atoms with Crippen molar-refractivity contribution in [3.63, 3.8) is 0 Å². The van der Waals surface area contributed by atoms with E-state index in [2.05, 4.69) is 48.4 Å². The smallest absolute Gasteiger partial charge is 0.264 e. The van der Waals surface area contributed by atoms with Crippen LogP contribution >= 0.6 is 46.5 Å². The molecule has 4 aromatic rings. The highest BCUT2D eigenvalue weighted by molar-refractivity contribution is 8.00. The molecule has 2 aromatic carbocycles. The number of nitrogen functional groups attached to an aromatic ring is 1. The molecule has 4 rings (SSSR count). The van der Waals surface area contributed by atoms with Crippen LogP contribution in [0.3, 0.4) is 0 Å². The van der Waals surface area contributed by atoms with E-state index in [1.807, 2.05) is 36.4 Å². The van der Waals surface area contributed by atoms with Gasteiger partial charge >= 0.3 is 0 Å². The number of rotatable bonds is 10. The third-order valence-electron chi connectivity index (χ3n) is 4.13. The minimum absolute atomic E-state index is 0.0737. The van der Waals surface area contributed by atoms with E-state index in [1.54, 1.807) is 24.0 Å². The van der Waals surface area contributed by atoms with Crippen molar-refractivity contribution in [1.29, 1.82) is 0 Å². The lowest BCUT2D eigenvalue weighted by Crippen LogP contribution is -2.16. The molecule has 0 unspecified atom stereocenters. The number of nitrogens with one attached hydrogen (secondary N) is 2. The Labute approximate surface area is 212 Å². The van der Waals surface area contributed by atoms with E-state index in [9.17, 15) is 4.79 Å². The Balaban J connectivity index is 1.24. The van der Waals surface area contributed by atoms with E-state index < -0.39 is 0 Å². The highest BCUT2D eigenvalue weighted by Gasteiger charge is 2.14. The second kappa shape index (κ2) is 11.8. The van der Waals surface area contributed by atoms with Gasteiger partial charge in [-0.2, -0.15) is 5.10 Å². The van der Waals surface area contributed by atoms with Crippen LogP contribution < -0.4 is 16.6 Å². The molecule has 1 amide bonds. The maximum Gasteiger partial charge on any atom is 0.264 e. The lowest BCUT2D eigenvalue weighted by molar-refractivity contribution is -0.113. The van der Waals surface area contributed by atoms with Gasteiger partial charge in [-0.25, -0.2) is 10.1 Å². The van der Waals surface area contributed by atoms with E-state index in [-0.39, 0.29) is 17.6 Å². The maximum atomic E-state index is 12.3. The van der Waals surface area contributed by atoms with Crippen LogP contribution in [0.5, 0.6) is 0 Å². The number of carbonyl (C=O) groups is 1. The highest BCUT2D eigenvalue weighted by atomic mass is 35.5. The van der Waals surface area contributed by atoms with Crippen LogP contribution in [0.1, 0.15) is 11.1 Å². The number of hydrogen-bond acceptors (Lipinski definition) is 11. The highest BCUT2D eigenvalue weighted by Crippen LogP contribution is 2.28.